The van der Waals surface area contributed by atoms with Crippen LogP contribution < -0.4 is 0 Å². The number of benzene rings is 1. The molecule has 0 fully saturated rings. The lowest BCUT2D eigenvalue weighted by Gasteiger charge is -2.11. The molecular weight excluding hydrogens is 287 g/mol. The van der Waals surface area contributed by atoms with Crippen molar-refractivity contribution in [3.05, 3.63) is 33.8 Å². The number of halogens is 2. The summed E-state index contributed by atoms with van der Waals surface area (Å²) < 4.78 is 5.01. The third kappa shape index (κ3) is 6.28. The van der Waals surface area contributed by atoms with E-state index in [0.717, 1.165) is 12.8 Å². The van der Waals surface area contributed by atoms with E-state index in [0.29, 0.717) is 28.6 Å². The second-order valence-electron chi connectivity index (χ2n) is 4.33. The van der Waals surface area contributed by atoms with E-state index in [-0.39, 0.29) is 12.4 Å². The van der Waals surface area contributed by atoms with Crippen LogP contribution in [-0.2, 0) is 9.53 Å². The average Bonchev–Trinajstić information content (AvgIpc) is 2.35. The van der Waals surface area contributed by atoms with Crippen molar-refractivity contribution in [2.24, 2.45) is 0 Å². The first-order chi connectivity index (χ1) is 9.02. The van der Waals surface area contributed by atoms with Gasteiger partial charge in [-0.25, -0.2) is 0 Å². The molecule has 5 heteroatoms. The first-order valence-electron chi connectivity index (χ1n) is 6.32. The van der Waals surface area contributed by atoms with Crippen LogP contribution in [0.4, 0.5) is 0 Å². The molecule has 1 aromatic carbocycles. The van der Waals surface area contributed by atoms with Gasteiger partial charge in [-0.2, -0.15) is 0 Å². The van der Waals surface area contributed by atoms with Crippen molar-refractivity contribution in [2.75, 3.05) is 6.61 Å². The zero-order valence-electron chi connectivity index (χ0n) is 10.9. The van der Waals surface area contributed by atoms with Gasteiger partial charge in [-0.1, -0.05) is 36.5 Å². The van der Waals surface area contributed by atoms with Crippen molar-refractivity contribution in [2.45, 2.75) is 38.7 Å². The Bertz CT molecular complexity index is 401. The van der Waals surface area contributed by atoms with Gasteiger partial charge in [0.05, 0.1) is 12.7 Å². The maximum Gasteiger partial charge on any atom is 0.305 e. The Balaban J connectivity index is 2.42. The molecule has 3 nitrogen and oxygen atoms in total. The zero-order valence-corrected chi connectivity index (χ0v) is 12.4. The highest BCUT2D eigenvalue weighted by molar-refractivity contribution is 6.34. The summed E-state index contributed by atoms with van der Waals surface area (Å²) in [7, 11) is 0. The number of carbonyl (C=O) groups is 1. The normalized spacial score (nSPS) is 12.2. The number of unbranched alkanes of at least 4 members (excludes halogenated alkanes) is 1. The van der Waals surface area contributed by atoms with E-state index in [9.17, 15) is 9.90 Å². The summed E-state index contributed by atoms with van der Waals surface area (Å²) in [5.41, 5.74) is 0.610. The molecule has 0 saturated carbocycles. The van der Waals surface area contributed by atoms with E-state index in [1.807, 2.05) is 6.92 Å². The molecule has 0 amide bonds. The van der Waals surface area contributed by atoms with Crippen LogP contribution in [0.15, 0.2) is 18.2 Å². The Morgan fingerprint density at radius 3 is 2.53 bits per heavy atom. The van der Waals surface area contributed by atoms with Crippen molar-refractivity contribution in [3.8, 4) is 0 Å². The van der Waals surface area contributed by atoms with E-state index in [1.165, 1.54) is 0 Å². The van der Waals surface area contributed by atoms with Crippen molar-refractivity contribution < 1.29 is 14.6 Å². The topological polar surface area (TPSA) is 46.5 Å². The van der Waals surface area contributed by atoms with Gasteiger partial charge >= 0.3 is 5.97 Å². The molecule has 0 aliphatic carbocycles. The molecule has 0 spiro atoms. The number of esters is 1. The summed E-state index contributed by atoms with van der Waals surface area (Å²) in [5, 5.41) is 10.9. The van der Waals surface area contributed by atoms with Crippen LogP contribution in [0.3, 0.4) is 0 Å². The van der Waals surface area contributed by atoms with Gasteiger partial charge in [0.1, 0.15) is 0 Å². The van der Waals surface area contributed by atoms with Gasteiger partial charge in [0.25, 0.3) is 0 Å². The molecule has 19 heavy (non-hydrogen) atoms. The fraction of sp³-hybridized carbons (Fsp3) is 0.500. The van der Waals surface area contributed by atoms with Gasteiger partial charge in [-0.3, -0.25) is 4.79 Å². The first-order valence-corrected chi connectivity index (χ1v) is 7.08. The molecule has 0 bridgehead atoms. The van der Waals surface area contributed by atoms with Gasteiger partial charge in [0.15, 0.2) is 0 Å². The molecular formula is C14H18Cl2O3. The molecule has 1 atom stereocenters. The van der Waals surface area contributed by atoms with Crippen molar-refractivity contribution in [1.29, 1.82) is 0 Å². The quantitative estimate of drug-likeness (QED) is 0.608. The van der Waals surface area contributed by atoms with Gasteiger partial charge in [0, 0.05) is 16.5 Å². The number of aliphatic hydroxyl groups is 1. The second kappa shape index (κ2) is 8.41. The highest BCUT2D eigenvalue weighted by Gasteiger charge is 2.12. The third-order valence-electron chi connectivity index (χ3n) is 2.65. The predicted molar refractivity (Wildman–Crippen MR) is 76.5 cm³/mol. The monoisotopic (exact) mass is 304 g/mol. The SMILES string of the molecule is CCCCOC(=O)CCC(O)c1cc(Cl)cc(Cl)c1. The van der Waals surface area contributed by atoms with Gasteiger partial charge < -0.3 is 9.84 Å². The van der Waals surface area contributed by atoms with Crippen LogP contribution >= 0.6 is 23.2 Å². The molecule has 0 aliphatic heterocycles. The smallest absolute Gasteiger partial charge is 0.305 e. The number of ether oxygens (including phenoxy) is 1. The third-order valence-corrected chi connectivity index (χ3v) is 3.09. The molecule has 1 aromatic rings. The fourth-order valence-corrected chi connectivity index (χ4v) is 2.13. The number of aliphatic hydroxyl groups excluding tert-OH is 1. The molecule has 106 valence electrons. The number of hydrogen-bond donors (Lipinski definition) is 1. The van der Waals surface area contributed by atoms with Crippen LogP contribution in [0, 0.1) is 0 Å². The summed E-state index contributed by atoms with van der Waals surface area (Å²) in [5.74, 6) is -0.291. The summed E-state index contributed by atoms with van der Waals surface area (Å²) in [6, 6.07) is 4.87. The van der Waals surface area contributed by atoms with Crippen LogP contribution in [0.2, 0.25) is 10.0 Å². The van der Waals surface area contributed by atoms with Gasteiger partial charge in [-0.15, -0.1) is 0 Å². The molecule has 1 N–H and O–H groups in total. The number of hydrogen-bond acceptors (Lipinski definition) is 3. The molecule has 0 heterocycles. The van der Waals surface area contributed by atoms with E-state index < -0.39 is 6.10 Å². The summed E-state index contributed by atoms with van der Waals surface area (Å²) in [4.78, 5) is 11.4. The van der Waals surface area contributed by atoms with Crippen molar-refractivity contribution in [3.63, 3.8) is 0 Å². The van der Waals surface area contributed by atoms with Gasteiger partial charge in [0.2, 0.25) is 0 Å². The van der Waals surface area contributed by atoms with Crippen LogP contribution in [0.5, 0.6) is 0 Å². The Morgan fingerprint density at radius 2 is 1.95 bits per heavy atom. The lowest BCUT2D eigenvalue weighted by Crippen LogP contribution is -2.08. The summed E-state index contributed by atoms with van der Waals surface area (Å²) in [6.07, 6.45) is 1.54. The molecule has 1 unspecified atom stereocenters. The minimum Gasteiger partial charge on any atom is -0.466 e. The largest absolute Gasteiger partial charge is 0.466 e. The molecule has 0 saturated heterocycles. The zero-order chi connectivity index (χ0) is 14.3. The Kier molecular flexibility index (Phi) is 7.21. The molecule has 0 radical (unpaired) electrons. The number of carbonyl (C=O) groups excluding carboxylic acids is 1. The average molecular weight is 305 g/mol. The summed E-state index contributed by atoms with van der Waals surface area (Å²) in [6.45, 7) is 2.47. The molecule has 1 rings (SSSR count). The van der Waals surface area contributed by atoms with Crippen molar-refractivity contribution in [1.82, 2.24) is 0 Å². The lowest BCUT2D eigenvalue weighted by molar-refractivity contribution is -0.144. The Labute approximate surface area is 123 Å². The number of rotatable bonds is 7. The van der Waals surface area contributed by atoms with E-state index >= 15 is 0 Å². The standard InChI is InChI=1S/C14H18Cl2O3/c1-2-3-6-19-14(18)5-4-13(17)10-7-11(15)9-12(16)8-10/h7-9,13,17H,2-6H2,1H3. The first kappa shape index (κ1) is 16.3. The van der Waals surface area contributed by atoms with E-state index in [1.54, 1.807) is 18.2 Å². The fourth-order valence-electron chi connectivity index (χ4n) is 1.59. The van der Waals surface area contributed by atoms with Crippen LogP contribution in [-0.4, -0.2) is 17.7 Å². The molecule has 0 aliphatic rings. The Morgan fingerprint density at radius 1 is 1.32 bits per heavy atom. The highest BCUT2D eigenvalue weighted by Crippen LogP contribution is 2.26. The lowest BCUT2D eigenvalue weighted by atomic mass is 10.1. The minimum absolute atomic E-state index is 0.176. The minimum atomic E-state index is -0.769. The molecule has 0 aromatic heterocycles. The van der Waals surface area contributed by atoms with Crippen LogP contribution in [0.1, 0.15) is 44.3 Å². The van der Waals surface area contributed by atoms with Gasteiger partial charge in [-0.05, 0) is 36.6 Å². The van der Waals surface area contributed by atoms with Crippen molar-refractivity contribution >= 4 is 29.2 Å². The highest BCUT2D eigenvalue weighted by atomic mass is 35.5. The predicted octanol–water partition coefficient (Wildman–Crippen LogP) is 4.15. The second-order valence-corrected chi connectivity index (χ2v) is 5.20. The Hall–Kier alpha value is -0.770. The maximum atomic E-state index is 11.4. The van der Waals surface area contributed by atoms with E-state index in [2.05, 4.69) is 0 Å². The van der Waals surface area contributed by atoms with E-state index in [4.69, 9.17) is 27.9 Å². The summed E-state index contributed by atoms with van der Waals surface area (Å²) >= 11 is 11.7. The maximum absolute atomic E-state index is 11.4. The van der Waals surface area contributed by atoms with Crippen LogP contribution in [0.25, 0.3) is 0 Å².